The Morgan fingerprint density at radius 2 is 0.833 bits per heavy atom. The van der Waals surface area contributed by atoms with Crippen LogP contribution in [0.15, 0.2) is 95.0 Å². The van der Waals surface area contributed by atoms with E-state index in [4.69, 9.17) is 0 Å². The van der Waals surface area contributed by atoms with Crippen molar-refractivity contribution in [2.75, 3.05) is 0 Å². The minimum Gasteiger partial charge on any atom is -0.255 e. The second-order valence-corrected chi connectivity index (χ2v) is 7.49. The van der Waals surface area contributed by atoms with Gasteiger partial charge in [0.1, 0.15) is 0 Å². The lowest BCUT2D eigenvalue weighted by molar-refractivity contribution is 1.24. The summed E-state index contributed by atoms with van der Waals surface area (Å²) < 4.78 is 0. The highest BCUT2D eigenvalue weighted by atomic mass is 32.1. The number of nitrogens with zero attached hydrogens (tertiary/aromatic N) is 2. The van der Waals surface area contributed by atoms with Crippen molar-refractivity contribution in [3.05, 3.63) is 107 Å². The number of pyridine rings is 2. The first-order chi connectivity index (χ1) is 14.7. The smallest absolute Gasteiger partial charge is 0.0898 e. The van der Waals surface area contributed by atoms with Crippen LogP contribution in [0, 0.1) is 23.7 Å². The summed E-state index contributed by atoms with van der Waals surface area (Å²) in [6, 6.07) is 23.1. The van der Waals surface area contributed by atoms with Crippen molar-refractivity contribution < 1.29 is 0 Å². The number of thiol groups is 2. The van der Waals surface area contributed by atoms with Gasteiger partial charge in [0.05, 0.1) is 11.4 Å². The van der Waals surface area contributed by atoms with Gasteiger partial charge in [0.25, 0.3) is 0 Å². The summed E-state index contributed by atoms with van der Waals surface area (Å²) in [5.41, 5.74) is 5.14. The fourth-order valence-electron chi connectivity index (χ4n) is 2.67. The van der Waals surface area contributed by atoms with Gasteiger partial charge in [0.2, 0.25) is 0 Å². The van der Waals surface area contributed by atoms with E-state index in [1.165, 1.54) is 0 Å². The van der Waals surface area contributed by atoms with E-state index in [0.717, 1.165) is 43.4 Å². The van der Waals surface area contributed by atoms with Crippen molar-refractivity contribution in [3.63, 3.8) is 0 Å². The molecule has 0 aliphatic carbocycles. The van der Waals surface area contributed by atoms with Gasteiger partial charge in [-0.3, -0.25) is 9.97 Å². The van der Waals surface area contributed by atoms with Gasteiger partial charge in [0.15, 0.2) is 0 Å². The number of rotatable bonds is 1. The van der Waals surface area contributed by atoms with Crippen LogP contribution in [0.5, 0.6) is 0 Å². The topological polar surface area (TPSA) is 25.8 Å². The zero-order chi connectivity index (χ0) is 20.8. The predicted octanol–water partition coefficient (Wildman–Crippen LogP) is 5.52. The SMILES string of the molecule is Sc1ccc(C#Cc2ccnc(-c3cc(C#Cc4ccc(S)cc4)ccn3)c2)cc1. The summed E-state index contributed by atoms with van der Waals surface area (Å²) in [4.78, 5) is 10.7. The molecule has 0 aliphatic rings. The largest absolute Gasteiger partial charge is 0.255 e. The zero-order valence-corrected chi connectivity index (χ0v) is 17.7. The first kappa shape index (κ1) is 19.9. The van der Waals surface area contributed by atoms with Crippen LogP contribution in [0.2, 0.25) is 0 Å². The maximum atomic E-state index is 4.45. The molecular weight excluding hydrogens is 404 g/mol. The molecule has 2 aromatic carbocycles. The van der Waals surface area contributed by atoms with Crippen molar-refractivity contribution in [3.8, 4) is 35.1 Å². The maximum absolute atomic E-state index is 4.45. The Kier molecular flexibility index (Phi) is 6.20. The third-order valence-electron chi connectivity index (χ3n) is 4.22. The molecule has 4 heteroatoms. The summed E-state index contributed by atoms with van der Waals surface area (Å²) >= 11 is 8.59. The molecular formula is C26H16N2S2. The fraction of sp³-hybridized carbons (Fsp3) is 0. The van der Waals surface area contributed by atoms with E-state index >= 15 is 0 Å². The van der Waals surface area contributed by atoms with Crippen LogP contribution in [0.25, 0.3) is 11.4 Å². The molecule has 0 aliphatic heterocycles. The van der Waals surface area contributed by atoms with E-state index in [1.807, 2.05) is 72.8 Å². The second-order valence-electron chi connectivity index (χ2n) is 6.45. The van der Waals surface area contributed by atoms with E-state index in [-0.39, 0.29) is 0 Å². The molecule has 2 heterocycles. The summed E-state index contributed by atoms with van der Waals surface area (Å²) in [7, 11) is 0. The van der Waals surface area contributed by atoms with Gasteiger partial charge in [0, 0.05) is 44.4 Å². The van der Waals surface area contributed by atoms with Crippen LogP contribution in [0.1, 0.15) is 22.3 Å². The monoisotopic (exact) mass is 420 g/mol. The molecule has 0 atom stereocenters. The van der Waals surface area contributed by atoms with Crippen molar-refractivity contribution >= 4 is 25.3 Å². The molecule has 30 heavy (non-hydrogen) atoms. The van der Waals surface area contributed by atoms with Crippen LogP contribution >= 0.6 is 25.3 Å². The summed E-state index contributed by atoms with van der Waals surface area (Å²) in [6.45, 7) is 0. The van der Waals surface area contributed by atoms with E-state index < -0.39 is 0 Å². The van der Waals surface area contributed by atoms with Crippen LogP contribution in [0.4, 0.5) is 0 Å². The highest BCUT2D eigenvalue weighted by Gasteiger charge is 2.02. The maximum Gasteiger partial charge on any atom is 0.0898 e. The van der Waals surface area contributed by atoms with E-state index in [2.05, 4.69) is 58.9 Å². The lowest BCUT2D eigenvalue weighted by Crippen LogP contribution is -1.89. The minimum absolute atomic E-state index is 0.760. The van der Waals surface area contributed by atoms with Crippen molar-refractivity contribution in [2.45, 2.75) is 9.79 Å². The van der Waals surface area contributed by atoms with E-state index in [9.17, 15) is 0 Å². The van der Waals surface area contributed by atoms with E-state index in [0.29, 0.717) is 0 Å². The zero-order valence-electron chi connectivity index (χ0n) is 15.9. The quantitative estimate of drug-likeness (QED) is 0.313. The summed E-state index contributed by atoms with van der Waals surface area (Å²) in [5.74, 6) is 12.7. The van der Waals surface area contributed by atoms with Gasteiger partial charge in [-0.05, 0) is 72.8 Å². The van der Waals surface area contributed by atoms with Crippen molar-refractivity contribution in [1.82, 2.24) is 9.97 Å². The van der Waals surface area contributed by atoms with Gasteiger partial charge in [-0.15, -0.1) is 25.3 Å². The van der Waals surface area contributed by atoms with Gasteiger partial charge in [-0.1, -0.05) is 23.7 Å². The average molecular weight is 421 g/mol. The average Bonchev–Trinajstić information content (AvgIpc) is 2.79. The second kappa shape index (κ2) is 9.37. The van der Waals surface area contributed by atoms with Gasteiger partial charge in [-0.2, -0.15) is 0 Å². The van der Waals surface area contributed by atoms with Crippen LogP contribution in [-0.4, -0.2) is 9.97 Å². The minimum atomic E-state index is 0.760. The molecule has 142 valence electrons. The molecule has 0 spiro atoms. The summed E-state index contributed by atoms with van der Waals surface area (Å²) in [5, 5.41) is 0. The van der Waals surface area contributed by atoms with Crippen molar-refractivity contribution in [2.24, 2.45) is 0 Å². The molecule has 0 amide bonds. The lowest BCUT2D eigenvalue weighted by atomic mass is 10.1. The Labute approximate surface area is 187 Å². The van der Waals surface area contributed by atoms with Gasteiger partial charge < -0.3 is 0 Å². The normalized spacial score (nSPS) is 9.80. The molecule has 0 bridgehead atoms. The van der Waals surface area contributed by atoms with Crippen LogP contribution in [0.3, 0.4) is 0 Å². The first-order valence-corrected chi connectivity index (χ1v) is 10.1. The number of aromatic nitrogens is 2. The highest BCUT2D eigenvalue weighted by Crippen LogP contribution is 2.16. The third kappa shape index (κ3) is 5.33. The molecule has 0 saturated heterocycles. The lowest BCUT2D eigenvalue weighted by Gasteiger charge is -2.01. The molecule has 4 rings (SSSR count). The fourth-order valence-corrected chi connectivity index (χ4v) is 2.97. The standard InChI is InChI=1S/C26H16N2S2/c29-23-9-5-19(6-10-23)1-3-21-13-15-27-25(17-21)26-18-22(14-16-28-26)4-2-20-7-11-24(30)12-8-20/h5-18,29-30H. The molecule has 0 fully saturated rings. The molecule has 0 N–H and O–H groups in total. The third-order valence-corrected chi connectivity index (χ3v) is 4.82. The van der Waals surface area contributed by atoms with Crippen molar-refractivity contribution in [1.29, 1.82) is 0 Å². The molecule has 2 aromatic heterocycles. The Morgan fingerprint density at radius 1 is 0.467 bits per heavy atom. The Morgan fingerprint density at radius 3 is 1.23 bits per heavy atom. The number of benzene rings is 2. The van der Waals surface area contributed by atoms with Crippen LogP contribution in [-0.2, 0) is 0 Å². The number of hydrogen-bond donors (Lipinski definition) is 2. The first-order valence-electron chi connectivity index (χ1n) is 9.20. The Bertz CT molecular complexity index is 1200. The molecule has 0 saturated carbocycles. The molecule has 0 radical (unpaired) electrons. The number of hydrogen-bond acceptors (Lipinski definition) is 4. The van der Waals surface area contributed by atoms with Gasteiger partial charge >= 0.3 is 0 Å². The van der Waals surface area contributed by atoms with Crippen LogP contribution < -0.4 is 0 Å². The Hall–Kier alpha value is -3.44. The molecule has 4 aromatic rings. The highest BCUT2D eigenvalue weighted by molar-refractivity contribution is 7.80. The summed E-state index contributed by atoms with van der Waals surface area (Å²) in [6.07, 6.45) is 3.49. The van der Waals surface area contributed by atoms with Gasteiger partial charge in [-0.25, -0.2) is 0 Å². The molecule has 0 unspecified atom stereocenters. The van der Waals surface area contributed by atoms with E-state index in [1.54, 1.807) is 12.4 Å². The predicted molar refractivity (Wildman–Crippen MR) is 127 cm³/mol. The Balaban J connectivity index is 1.58. The molecule has 2 nitrogen and oxygen atoms in total.